The van der Waals surface area contributed by atoms with Crippen molar-refractivity contribution in [3.63, 3.8) is 0 Å². The maximum absolute atomic E-state index is 12.0. The summed E-state index contributed by atoms with van der Waals surface area (Å²) in [5.41, 5.74) is 1.07. The van der Waals surface area contributed by atoms with Crippen LogP contribution in [0, 0.1) is 0 Å². The molecule has 0 aliphatic carbocycles. The zero-order chi connectivity index (χ0) is 13.1. The topological polar surface area (TPSA) is 41.1 Å². The van der Waals surface area contributed by atoms with Gasteiger partial charge in [0.1, 0.15) is 0 Å². The lowest BCUT2D eigenvalue weighted by Gasteiger charge is -2.11. The molecule has 0 saturated carbocycles. The molecule has 1 aliphatic heterocycles. The quantitative estimate of drug-likeness (QED) is 0.878. The molecule has 2 N–H and O–H groups in total. The number of carbonyl (C=O) groups excluding carboxylic acids is 1. The SMILES string of the molecule is O=C(Cc1ccc2ccccc2c1)NC1CCNC1. The summed E-state index contributed by atoms with van der Waals surface area (Å²) < 4.78 is 0. The minimum Gasteiger partial charge on any atom is -0.352 e. The molecule has 0 radical (unpaired) electrons. The Balaban J connectivity index is 1.68. The van der Waals surface area contributed by atoms with Crippen LogP contribution in [0.1, 0.15) is 12.0 Å². The van der Waals surface area contributed by atoms with Crippen LogP contribution in [-0.2, 0) is 11.2 Å². The van der Waals surface area contributed by atoms with Gasteiger partial charge in [0.25, 0.3) is 0 Å². The van der Waals surface area contributed by atoms with Gasteiger partial charge in [-0.15, -0.1) is 0 Å². The van der Waals surface area contributed by atoms with E-state index < -0.39 is 0 Å². The Hall–Kier alpha value is -1.87. The van der Waals surface area contributed by atoms with Gasteiger partial charge in [0.15, 0.2) is 0 Å². The minimum atomic E-state index is 0.115. The van der Waals surface area contributed by atoms with Crippen LogP contribution >= 0.6 is 0 Å². The highest BCUT2D eigenvalue weighted by Gasteiger charge is 2.16. The molecule has 2 aromatic carbocycles. The first-order chi connectivity index (χ1) is 9.31. The van der Waals surface area contributed by atoms with E-state index in [-0.39, 0.29) is 5.91 Å². The molecule has 0 spiro atoms. The normalized spacial score (nSPS) is 18.6. The van der Waals surface area contributed by atoms with Gasteiger partial charge in [-0.2, -0.15) is 0 Å². The van der Waals surface area contributed by atoms with E-state index in [4.69, 9.17) is 0 Å². The highest BCUT2D eigenvalue weighted by molar-refractivity contribution is 5.85. The number of hydrogen-bond acceptors (Lipinski definition) is 2. The molecular formula is C16H18N2O. The number of carbonyl (C=O) groups is 1. The summed E-state index contributed by atoms with van der Waals surface area (Å²) in [5, 5.41) is 8.73. The van der Waals surface area contributed by atoms with E-state index in [1.165, 1.54) is 10.8 Å². The lowest BCUT2D eigenvalue weighted by Crippen LogP contribution is -2.37. The van der Waals surface area contributed by atoms with Crippen molar-refractivity contribution in [3.05, 3.63) is 48.0 Å². The van der Waals surface area contributed by atoms with Crippen LogP contribution in [0.3, 0.4) is 0 Å². The standard InChI is InChI=1S/C16H18N2O/c19-16(18-15-7-8-17-11-15)10-12-5-6-13-3-1-2-4-14(13)9-12/h1-6,9,15,17H,7-8,10-11H2,(H,18,19). The molecule has 3 heteroatoms. The summed E-state index contributed by atoms with van der Waals surface area (Å²) >= 11 is 0. The molecule has 1 aliphatic rings. The monoisotopic (exact) mass is 254 g/mol. The zero-order valence-electron chi connectivity index (χ0n) is 10.9. The van der Waals surface area contributed by atoms with Gasteiger partial charge >= 0.3 is 0 Å². The van der Waals surface area contributed by atoms with E-state index in [0.29, 0.717) is 12.5 Å². The lowest BCUT2D eigenvalue weighted by atomic mass is 10.0. The average Bonchev–Trinajstić information content (AvgIpc) is 2.91. The molecule has 98 valence electrons. The molecule has 1 fully saturated rings. The van der Waals surface area contributed by atoms with Gasteiger partial charge < -0.3 is 10.6 Å². The average molecular weight is 254 g/mol. The number of hydrogen-bond donors (Lipinski definition) is 2. The van der Waals surface area contributed by atoms with Crippen molar-refractivity contribution in [1.82, 2.24) is 10.6 Å². The Bertz CT molecular complexity index is 588. The summed E-state index contributed by atoms with van der Waals surface area (Å²) in [5.74, 6) is 0.115. The summed E-state index contributed by atoms with van der Waals surface area (Å²) in [6.07, 6.45) is 1.49. The van der Waals surface area contributed by atoms with E-state index in [1.807, 2.05) is 18.2 Å². The van der Waals surface area contributed by atoms with Gasteiger partial charge in [-0.3, -0.25) is 4.79 Å². The summed E-state index contributed by atoms with van der Waals surface area (Å²) in [4.78, 5) is 12.0. The second-order valence-corrected chi connectivity index (χ2v) is 5.12. The molecule has 1 heterocycles. The fourth-order valence-corrected chi connectivity index (χ4v) is 2.59. The second-order valence-electron chi connectivity index (χ2n) is 5.12. The van der Waals surface area contributed by atoms with E-state index >= 15 is 0 Å². The summed E-state index contributed by atoms with van der Waals surface area (Å²) in [6.45, 7) is 1.89. The van der Waals surface area contributed by atoms with Crippen molar-refractivity contribution in [2.45, 2.75) is 18.9 Å². The van der Waals surface area contributed by atoms with Crippen LogP contribution in [-0.4, -0.2) is 25.0 Å². The molecule has 1 atom stereocenters. The van der Waals surface area contributed by atoms with Crippen molar-refractivity contribution in [1.29, 1.82) is 0 Å². The predicted octanol–water partition coefficient (Wildman–Crippen LogP) is 1.86. The number of fused-ring (bicyclic) bond motifs is 1. The van der Waals surface area contributed by atoms with Crippen LogP contribution < -0.4 is 10.6 Å². The zero-order valence-corrected chi connectivity index (χ0v) is 10.9. The number of amides is 1. The maximum Gasteiger partial charge on any atom is 0.224 e. The molecule has 1 unspecified atom stereocenters. The molecule has 3 rings (SSSR count). The lowest BCUT2D eigenvalue weighted by molar-refractivity contribution is -0.121. The van der Waals surface area contributed by atoms with Crippen LogP contribution in [0.2, 0.25) is 0 Å². The van der Waals surface area contributed by atoms with Crippen molar-refractivity contribution in [2.24, 2.45) is 0 Å². The van der Waals surface area contributed by atoms with Gasteiger partial charge in [0.05, 0.1) is 6.42 Å². The molecule has 0 aromatic heterocycles. The Morgan fingerprint density at radius 2 is 2.05 bits per heavy atom. The van der Waals surface area contributed by atoms with Crippen molar-refractivity contribution >= 4 is 16.7 Å². The van der Waals surface area contributed by atoms with Crippen molar-refractivity contribution < 1.29 is 4.79 Å². The van der Waals surface area contributed by atoms with Gasteiger partial charge in [-0.25, -0.2) is 0 Å². The molecule has 2 aromatic rings. The maximum atomic E-state index is 12.0. The van der Waals surface area contributed by atoms with Gasteiger partial charge in [-0.1, -0.05) is 42.5 Å². The summed E-state index contributed by atoms with van der Waals surface area (Å²) in [6, 6.07) is 14.7. The number of benzene rings is 2. The molecule has 3 nitrogen and oxygen atoms in total. The highest BCUT2D eigenvalue weighted by atomic mass is 16.1. The van der Waals surface area contributed by atoms with Crippen LogP contribution in [0.15, 0.2) is 42.5 Å². The van der Waals surface area contributed by atoms with E-state index in [9.17, 15) is 4.79 Å². The summed E-state index contributed by atoms with van der Waals surface area (Å²) in [7, 11) is 0. The molecular weight excluding hydrogens is 236 g/mol. The van der Waals surface area contributed by atoms with Gasteiger partial charge in [-0.05, 0) is 29.3 Å². The smallest absolute Gasteiger partial charge is 0.224 e. The number of nitrogens with one attached hydrogen (secondary N) is 2. The third-order valence-corrected chi connectivity index (χ3v) is 3.60. The predicted molar refractivity (Wildman–Crippen MR) is 77.1 cm³/mol. The third kappa shape index (κ3) is 2.93. The van der Waals surface area contributed by atoms with Crippen LogP contribution in [0.4, 0.5) is 0 Å². The van der Waals surface area contributed by atoms with Gasteiger partial charge in [0, 0.05) is 12.6 Å². The fraction of sp³-hybridized carbons (Fsp3) is 0.312. The van der Waals surface area contributed by atoms with Gasteiger partial charge in [0.2, 0.25) is 5.91 Å². The second kappa shape index (κ2) is 5.41. The van der Waals surface area contributed by atoms with E-state index in [0.717, 1.165) is 25.1 Å². The third-order valence-electron chi connectivity index (χ3n) is 3.60. The van der Waals surface area contributed by atoms with Crippen molar-refractivity contribution in [2.75, 3.05) is 13.1 Å². The van der Waals surface area contributed by atoms with E-state index in [2.05, 4.69) is 34.9 Å². The first kappa shape index (κ1) is 12.2. The first-order valence-electron chi connectivity index (χ1n) is 6.79. The molecule has 1 saturated heterocycles. The Kier molecular flexibility index (Phi) is 3.47. The molecule has 0 bridgehead atoms. The minimum absolute atomic E-state index is 0.115. The highest BCUT2D eigenvalue weighted by Crippen LogP contribution is 2.16. The molecule has 19 heavy (non-hydrogen) atoms. The Labute approximate surface area is 113 Å². The first-order valence-corrected chi connectivity index (χ1v) is 6.79. The van der Waals surface area contributed by atoms with Crippen molar-refractivity contribution in [3.8, 4) is 0 Å². The fourth-order valence-electron chi connectivity index (χ4n) is 2.59. The Morgan fingerprint density at radius 3 is 2.84 bits per heavy atom. The Morgan fingerprint density at radius 1 is 1.21 bits per heavy atom. The number of rotatable bonds is 3. The largest absolute Gasteiger partial charge is 0.352 e. The van der Waals surface area contributed by atoms with E-state index in [1.54, 1.807) is 0 Å². The van der Waals surface area contributed by atoms with Crippen LogP contribution in [0.25, 0.3) is 10.8 Å². The van der Waals surface area contributed by atoms with Crippen LogP contribution in [0.5, 0.6) is 0 Å². The molecule has 1 amide bonds.